The van der Waals surface area contributed by atoms with Crippen LogP contribution >= 0.6 is 11.8 Å². The quantitative estimate of drug-likeness (QED) is 0.270. The van der Waals surface area contributed by atoms with Gasteiger partial charge in [-0.2, -0.15) is 11.8 Å². The second-order valence-electron chi connectivity index (χ2n) is 11.6. The van der Waals surface area contributed by atoms with Gasteiger partial charge in [0, 0.05) is 11.7 Å². The second kappa shape index (κ2) is 13.9. The SMILES string of the molecule is CSCCC(NC(=O)OC(C)(C)C)C(=O)N(C(C)C)C(C(=O)Nc1ccc2ccccc2c1)c1c(C)cccc1C. The average molecular weight is 578 g/mol. The van der Waals surface area contributed by atoms with Crippen LogP contribution in [0.5, 0.6) is 0 Å². The number of nitrogens with zero attached hydrogens (tertiary/aromatic N) is 1. The van der Waals surface area contributed by atoms with E-state index in [0.717, 1.165) is 27.5 Å². The molecule has 0 fully saturated rings. The molecular weight excluding hydrogens is 534 g/mol. The second-order valence-corrected chi connectivity index (χ2v) is 12.6. The Hall–Kier alpha value is -3.52. The summed E-state index contributed by atoms with van der Waals surface area (Å²) in [5, 5.41) is 7.95. The Bertz CT molecular complexity index is 1360. The number of carbonyl (C=O) groups excluding carboxylic acids is 3. The number of hydrogen-bond acceptors (Lipinski definition) is 5. The zero-order valence-corrected chi connectivity index (χ0v) is 26.2. The van der Waals surface area contributed by atoms with Crippen molar-refractivity contribution in [3.05, 3.63) is 77.4 Å². The van der Waals surface area contributed by atoms with Crippen molar-refractivity contribution in [3.8, 4) is 0 Å². The number of thioether (sulfide) groups is 1. The molecule has 0 aromatic heterocycles. The van der Waals surface area contributed by atoms with Gasteiger partial charge in [-0.15, -0.1) is 0 Å². The molecule has 7 nitrogen and oxygen atoms in total. The number of carbonyl (C=O) groups is 3. The fourth-order valence-electron chi connectivity index (χ4n) is 4.94. The molecule has 0 heterocycles. The van der Waals surface area contributed by atoms with Gasteiger partial charge in [-0.25, -0.2) is 4.79 Å². The number of ether oxygens (including phenoxy) is 1. The van der Waals surface area contributed by atoms with E-state index in [1.165, 1.54) is 0 Å². The number of amides is 3. The Morgan fingerprint density at radius 3 is 2.15 bits per heavy atom. The Kier molecular flexibility index (Phi) is 10.8. The molecule has 41 heavy (non-hydrogen) atoms. The fourth-order valence-corrected chi connectivity index (χ4v) is 5.41. The molecule has 3 aromatic rings. The number of aryl methyl sites for hydroxylation is 2. The Balaban J connectivity index is 2.06. The van der Waals surface area contributed by atoms with Crippen molar-refractivity contribution in [2.75, 3.05) is 17.3 Å². The highest BCUT2D eigenvalue weighted by Crippen LogP contribution is 2.32. The average Bonchev–Trinajstić information content (AvgIpc) is 2.88. The van der Waals surface area contributed by atoms with Crippen LogP contribution in [0.1, 0.15) is 63.8 Å². The van der Waals surface area contributed by atoms with Crippen molar-refractivity contribution in [2.24, 2.45) is 0 Å². The summed E-state index contributed by atoms with van der Waals surface area (Å²) in [6.45, 7) is 13.0. The third-order valence-corrected chi connectivity index (χ3v) is 7.41. The minimum Gasteiger partial charge on any atom is -0.444 e. The number of rotatable bonds is 10. The normalized spacial score (nSPS) is 13.0. The van der Waals surface area contributed by atoms with Gasteiger partial charge in [-0.05, 0) is 106 Å². The van der Waals surface area contributed by atoms with E-state index in [1.54, 1.807) is 37.4 Å². The van der Waals surface area contributed by atoms with E-state index in [1.807, 2.05) is 94.6 Å². The zero-order valence-electron chi connectivity index (χ0n) is 25.4. The topological polar surface area (TPSA) is 87.7 Å². The van der Waals surface area contributed by atoms with Crippen LogP contribution in [-0.4, -0.2) is 52.5 Å². The van der Waals surface area contributed by atoms with Crippen LogP contribution in [0.4, 0.5) is 10.5 Å². The van der Waals surface area contributed by atoms with Gasteiger partial charge in [0.25, 0.3) is 5.91 Å². The first-order valence-corrected chi connectivity index (χ1v) is 15.4. The highest BCUT2D eigenvalue weighted by atomic mass is 32.2. The number of benzene rings is 3. The van der Waals surface area contributed by atoms with Crippen LogP contribution in [0.25, 0.3) is 10.8 Å². The van der Waals surface area contributed by atoms with Crippen LogP contribution in [0.15, 0.2) is 60.7 Å². The van der Waals surface area contributed by atoms with Crippen LogP contribution in [-0.2, 0) is 14.3 Å². The third-order valence-electron chi connectivity index (χ3n) is 6.77. The maximum Gasteiger partial charge on any atom is 0.408 e. The minimum absolute atomic E-state index is 0.319. The summed E-state index contributed by atoms with van der Waals surface area (Å²) in [6.07, 6.45) is 1.69. The molecule has 0 saturated heterocycles. The summed E-state index contributed by atoms with van der Waals surface area (Å²) in [7, 11) is 0. The molecule has 0 saturated carbocycles. The fraction of sp³-hybridized carbons (Fsp3) is 0.424. The van der Waals surface area contributed by atoms with Crippen molar-refractivity contribution < 1.29 is 19.1 Å². The molecule has 3 amide bonds. The summed E-state index contributed by atoms with van der Waals surface area (Å²) >= 11 is 1.58. The van der Waals surface area contributed by atoms with Gasteiger partial charge in [0.2, 0.25) is 5.91 Å². The van der Waals surface area contributed by atoms with Gasteiger partial charge >= 0.3 is 6.09 Å². The maximum atomic E-state index is 14.3. The zero-order chi connectivity index (χ0) is 30.3. The predicted molar refractivity (Wildman–Crippen MR) is 169 cm³/mol. The number of hydrogen-bond donors (Lipinski definition) is 2. The van der Waals surface area contributed by atoms with Crippen molar-refractivity contribution >= 4 is 46.1 Å². The lowest BCUT2D eigenvalue weighted by Crippen LogP contribution is -2.54. The molecule has 0 aliphatic heterocycles. The lowest BCUT2D eigenvalue weighted by atomic mass is 9.92. The molecule has 3 aromatic carbocycles. The van der Waals surface area contributed by atoms with Gasteiger partial charge < -0.3 is 20.3 Å². The van der Waals surface area contributed by atoms with Crippen LogP contribution < -0.4 is 10.6 Å². The smallest absolute Gasteiger partial charge is 0.408 e. The van der Waals surface area contributed by atoms with E-state index in [2.05, 4.69) is 10.6 Å². The van der Waals surface area contributed by atoms with Crippen molar-refractivity contribution in [1.29, 1.82) is 0 Å². The van der Waals surface area contributed by atoms with E-state index >= 15 is 0 Å². The monoisotopic (exact) mass is 577 g/mol. The first-order valence-electron chi connectivity index (χ1n) is 14.0. The van der Waals surface area contributed by atoms with Gasteiger partial charge in [0.15, 0.2) is 0 Å². The first kappa shape index (κ1) is 32.0. The van der Waals surface area contributed by atoms with Crippen LogP contribution in [0, 0.1) is 13.8 Å². The van der Waals surface area contributed by atoms with Crippen LogP contribution in [0.2, 0.25) is 0 Å². The molecular formula is C33H43N3O4S. The Morgan fingerprint density at radius 2 is 1.56 bits per heavy atom. The van der Waals surface area contributed by atoms with E-state index in [-0.39, 0.29) is 17.9 Å². The molecule has 2 N–H and O–H groups in total. The molecule has 0 radical (unpaired) electrons. The molecule has 0 aliphatic rings. The van der Waals surface area contributed by atoms with E-state index in [9.17, 15) is 14.4 Å². The molecule has 0 spiro atoms. The number of fused-ring (bicyclic) bond motifs is 1. The van der Waals surface area contributed by atoms with Crippen molar-refractivity contribution in [2.45, 2.75) is 78.6 Å². The lowest BCUT2D eigenvalue weighted by molar-refractivity contribution is -0.143. The number of alkyl carbamates (subject to hydrolysis) is 1. The Labute approximate surface area is 248 Å². The third kappa shape index (κ3) is 8.49. The van der Waals surface area contributed by atoms with E-state index in [0.29, 0.717) is 17.9 Å². The lowest BCUT2D eigenvalue weighted by Gasteiger charge is -2.38. The van der Waals surface area contributed by atoms with Gasteiger partial charge in [0.05, 0.1) is 0 Å². The highest BCUT2D eigenvalue weighted by Gasteiger charge is 2.39. The van der Waals surface area contributed by atoms with E-state index < -0.39 is 23.8 Å². The van der Waals surface area contributed by atoms with Gasteiger partial charge in [0.1, 0.15) is 17.7 Å². The number of nitrogens with one attached hydrogen (secondary N) is 2. The number of anilines is 1. The Morgan fingerprint density at radius 1 is 0.927 bits per heavy atom. The molecule has 2 unspecified atom stereocenters. The van der Waals surface area contributed by atoms with E-state index in [4.69, 9.17) is 4.74 Å². The van der Waals surface area contributed by atoms with Crippen molar-refractivity contribution in [3.63, 3.8) is 0 Å². The van der Waals surface area contributed by atoms with Gasteiger partial charge in [-0.3, -0.25) is 9.59 Å². The molecule has 220 valence electrons. The molecule has 0 bridgehead atoms. The maximum absolute atomic E-state index is 14.3. The van der Waals surface area contributed by atoms with Crippen molar-refractivity contribution in [1.82, 2.24) is 10.2 Å². The summed E-state index contributed by atoms with van der Waals surface area (Å²) in [6, 6.07) is 17.4. The summed E-state index contributed by atoms with van der Waals surface area (Å²) < 4.78 is 5.48. The minimum atomic E-state index is -0.924. The standard InChI is InChI=1S/C33H43N3O4S/c1-21(2)36(31(38)27(18-19-41-8)35-32(39)40-33(5,6)7)29(28-22(3)12-11-13-23(28)4)30(37)34-26-17-16-24-14-9-10-15-25(24)20-26/h9-17,20-21,27,29H,18-19H2,1-8H3,(H,34,37)(H,35,39). The van der Waals surface area contributed by atoms with Gasteiger partial charge in [-0.1, -0.05) is 48.5 Å². The first-order chi connectivity index (χ1) is 19.3. The molecule has 2 atom stereocenters. The van der Waals surface area contributed by atoms with Crippen LogP contribution in [0.3, 0.4) is 0 Å². The summed E-state index contributed by atoms with van der Waals surface area (Å²) in [4.78, 5) is 42.9. The molecule has 3 rings (SSSR count). The highest BCUT2D eigenvalue weighted by molar-refractivity contribution is 7.98. The summed E-state index contributed by atoms with van der Waals surface area (Å²) in [5.41, 5.74) is 2.52. The largest absolute Gasteiger partial charge is 0.444 e. The molecule has 0 aliphatic carbocycles. The summed E-state index contributed by atoms with van der Waals surface area (Å²) in [5.74, 6) is -0.00278. The predicted octanol–water partition coefficient (Wildman–Crippen LogP) is 7.02. The molecule has 8 heteroatoms.